The molecule has 1 aromatic carbocycles. The zero-order valence-electron chi connectivity index (χ0n) is 18.5. The van der Waals surface area contributed by atoms with Gasteiger partial charge in [0.05, 0.1) is 42.7 Å². The first-order valence-electron chi connectivity index (χ1n) is 10.9. The molecule has 1 saturated heterocycles. The van der Waals surface area contributed by atoms with Crippen molar-refractivity contribution in [2.45, 2.75) is 18.6 Å². The van der Waals surface area contributed by atoms with Gasteiger partial charge in [-0.2, -0.15) is 0 Å². The molecule has 0 bridgehead atoms. The molecule has 8 heteroatoms. The van der Waals surface area contributed by atoms with Crippen molar-refractivity contribution in [2.75, 3.05) is 7.11 Å². The predicted octanol–water partition coefficient (Wildman–Crippen LogP) is 4.23. The van der Waals surface area contributed by atoms with Crippen LogP contribution < -0.4 is 5.32 Å². The summed E-state index contributed by atoms with van der Waals surface area (Å²) in [5, 5.41) is 4.12. The maximum atomic E-state index is 12.1. The van der Waals surface area contributed by atoms with E-state index in [9.17, 15) is 4.79 Å². The summed E-state index contributed by atoms with van der Waals surface area (Å²) >= 11 is 5.79. The molecular weight excluding hydrogens is 446 g/mol. The highest BCUT2D eigenvalue weighted by atomic mass is 32.1. The minimum absolute atomic E-state index is 0.152. The standard InChI is InChI=1S/C26H23N5O2S/c1-33-25(32)18-8-6-10-20(16-18)30-15-7-12-22(30)24-23(21-11-3-5-14-28-21)29-26(34)31(24)17-19-9-2-4-13-27-19/h2-16,23-24H,17H2,1H3,(H,29,34). The van der Waals surface area contributed by atoms with E-state index in [1.165, 1.54) is 7.11 Å². The Hall–Kier alpha value is -4.04. The van der Waals surface area contributed by atoms with Crippen LogP contribution in [0, 0.1) is 0 Å². The van der Waals surface area contributed by atoms with Crippen LogP contribution >= 0.6 is 12.2 Å². The summed E-state index contributed by atoms with van der Waals surface area (Å²) in [5.41, 5.74) is 4.18. The van der Waals surface area contributed by atoms with Gasteiger partial charge >= 0.3 is 5.97 Å². The summed E-state index contributed by atoms with van der Waals surface area (Å²) in [6.45, 7) is 0.550. The van der Waals surface area contributed by atoms with Gasteiger partial charge in [0, 0.05) is 30.0 Å². The van der Waals surface area contributed by atoms with Gasteiger partial charge in [-0.15, -0.1) is 0 Å². The van der Waals surface area contributed by atoms with Crippen LogP contribution in [0.1, 0.15) is 39.5 Å². The van der Waals surface area contributed by atoms with E-state index in [1.54, 1.807) is 18.5 Å². The number of esters is 1. The van der Waals surface area contributed by atoms with E-state index >= 15 is 0 Å². The Bertz CT molecular complexity index is 1310. The number of nitrogens with zero attached hydrogens (tertiary/aromatic N) is 4. The lowest BCUT2D eigenvalue weighted by atomic mass is 10.0. The van der Waals surface area contributed by atoms with E-state index in [2.05, 4.69) is 30.8 Å². The molecule has 2 unspecified atom stereocenters. The number of benzene rings is 1. The Morgan fingerprint density at radius 1 is 1.03 bits per heavy atom. The Morgan fingerprint density at radius 3 is 2.59 bits per heavy atom. The van der Waals surface area contributed by atoms with Crippen LogP contribution in [0.15, 0.2) is 91.4 Å². The maximum absolute atomic E-state index is 12.1. The quantitative estimate of drug-likeness (QED) is 0.335. The number of carbonyl (C=O) groups is 1. The fourth-order valence-corrected chi connectivity index (χ4v) is 4.64. The highest BCUT2D eigenvalue weighted by molar-refractivity contribution is 7.80. The van der Waals surface area contributed by atoms with Crippen LogP contribution in [0.2, 0.25) is 0 Å². The summed E-state index contributed by atoms with van der Waals surface area (Å²) in [5.74, 6) is -0.373. The minimum Gasteiger partial charge on any atom is -0.465 e. The van der Waals surface area contributed by atoms with E-state index in [-0.39, 0.29) is 18.1 Å². The van der Waals surface area contributed by atoms with Crippen molar-refractivity contribution in [3.63, 3.8) is 0 Å². The van der Waals surface area contributed by atoms with E-state index in [0.29, 0.717) is 17.2 Å². The number of pyridine rings is 2. The zero-order valence-corrected chi connectivity index (χ0v) is 19.4. The van der Waals surface area contributed by atoms with Crippen molar-refractivity contribution < 1.29 is 9.53 Å². The second kappa shape index (κ2) is 9.44. The molecule has 0 amide bonds. The highest BCUT2D eigenvalue weighted by Gasteiger charge is 2.41. The van der Waals surface area contributed by atoms with Crippen LogP contribution in [-0.2, 0) is 11.3 Å². The molecule has 5 rings (SSSR count). The molecule has 1 aliphatic rings. The lowest BCUT2D eigenvalue weighted by Crippen LogP contribution is -2.30. The number of carbonyl (C=O) groups excluding carboxylic acids is 1. The average molecular weight is 470 g/mol. The van der Waals surface area contributed by atoms with Gasteiger partial charge in [0.1, 0.15) is 0 Å². The van der Waals surface area contributed by atoms with E-state index in [1.807, 2.05) is 66.9 Å². The third-order valence-electron chi connectivity index (χ3n) is 5.89. The molecule has 1 fully saturated rings. The monoisotopic (exact) mass is 469 g/mol. The van der Waals surface area contributed by atoms with Crippen molar-refractivity contribution in [2.24, 2.45) is 0 Å². The minimum atomic E-state index is -0.373. The molecule has 3 aromatic heterocycles. The smallest absolute Gasteiger partial charge is 0.337 e. The van der Waals surface area contributed by atoms with Gasteiger partial charge in [0.15, 0.2) is 5.11 Å². The number of rotatable bonds is 6. The number of aromatic nitrogens is 3. The summed E-state index contributed by atoms with van der Waals surface area (Å²) in [4.78, 5) is 23.4. The Balaban J connectivity index is 1.59. The summed E-state index contributed by atoms with van der Waals surface area (Å²) in [6.07, 6.45) is 5.56. The van der Waals surface area contributed by atoms with Crippen molar-refractivity contribution in [3.8, 4) is 5.69 Å². The van der Waals surface area contributed by atoms with Crippen LogP contribution in [0.25, 0.3) is 5.69 Å². The summed E-state index contributed by atoms with van der Waals surface area (Å²) in [6, 6.07) is 22.9. The third-order valence-corrected chi connectivity index (χ3v) is 6.24. The molecule has 0 radical (unpaired) electrons. The lowest BCUT2D eigenvalue weighted by Gasteiger charge is -2.28. The lowest BCUT2D eigenvalue weighted by molar-refractivity contribution is 0.0600. The molecule has 0 aliphatic carbocycles. The molecule has 34 heavy (non-hydrogen) atoms. The number of hydrogen-bond donors (Lipinski definition) is 1. The van der Waals surface area contributed by atoms with Gasteiger partial charge in [0.2, 0.25) is 0 Å². The predicted molar refractivity (Wildman–Crippen MR) is 132 cm³/mol. The van der Waals surface area contributed by atoms with Crippen LogP contribution in [0.4, 0.5) is 0 Å². The first-order chi connectivity index (χ1) is 16.7. The number of nitrogens with one attached hydrogen (secondary N) is 1. The Morgan fingerprint density at radius 2 is 1.85 bits per heavy atom. The van der Waals surface area contributed by atoms with Crippen molar-refractivity contribution in [3.05, 3.63) is 114 Å². The molecule has 1 aliphatic heterocycles. The van der Waals surface area contributed by atoms with Gasteiger partial charge < -0.3 is 19.5 Å². The number of hydrogen-bond acceptors (Lipinski definition) is 5. The number of ether oxygens (including phenoxy) is 1. The van der Waals surface area contributed by atoms with E-state index < -0.39 is 0 Å². The zero-order chi connectivity index (χ0) is 23.5. The second-order valence-corrected chi connectivity index (χ2v) is 8.31. The summed E-state index contributed by atoms with van der Waals surface area (Å²) < 4.78 is 6.99. The normalized spacial score (nSPS) is 17.4. The Labute approximate surface area is 203 Å². The van der Waals surface area contributed by atoms with Gasteiger partial charge in [-0.3, -0.25) is 9.97 Å². The van der Waals surface area contributed by atoms with E-state index in [0.717, 1.165) is 22.8 Å². The van der Waals surface area contributed by atoms with Gasteiger partial charge in [-0.05, 0) is 66.8 Å². The SMILES string of the molecule is COC(=O)c1cccc(-n2cccc2C2C(c3ccccn3)NC(=S)N2Cc2ccccn2)c1. The molecule has 4 heterocycles. The molecule has 0 spiro atoms. The third kappa shape index (κ3) is 4.15. The van der Waals surface area contributed by atoms with Crippen molar-refractivity contribution in [1.29, 1.82) is 0 Å². The molecule has 7 nitrogen and oxygen atoms in total. The molecule has 0 saturated carbocycles. The van der Waals surface area contributed by atoms with Gasteiger partial charge in [0.25, 0.3) is 0 Å². The van der Waals surface area contributed by atoms with Crippen molar-refractivity contribution in [1.82, 2.24) is 24.8 Å². The van der Waals surface area contributed by atoms with E-state index in [4.69, 9.17) is 17.0 Å². The fourth-order valence-electron chi connectivity index (χ4n) is 4.33. The van der Waals surface area contributed by atoms with Crippen molar-refractivity contribution >= 4 is 23.3 Å². The Kier molecular flexibility index (Phi) is 6.05. The first kappa shape index (κ1) is 21.8. The molecule has 1 N–H and O–H groups in total. The average Bonchev–Trinajstić information content (AvgIpc) is 3.49. The van der Waals surface area contributed by atoms with Crippen LogP contribution in [0.5, 0.6) is 0 Å². The number of thiocarbonyl (C=S) groups is 1. The molecule has 4 aromatic rings. The summed E-state index contributed by atoms with van der Waals surface area (Å²) in [7, 11) is 1.38. The largest absolute Gasteiger partial charge is 0.465 e. The molecule has 2 atom stereocenters. The first-order valence-corrected chi connectivity index (χ1v) is 11.3. The highest BCUT2D eigenvalue weighted by Crippen LogP contribution is 2.40. The second-order valence-electron chi connectivity index (χ2n) is 7.92. The van der Waals surface area contributed by atoms with Gasteiger partial charge in [-0.1, -0.05) is 18.2 Å². The topological polar surface area (TPSA) is 72.3 Å². The number of methoxy groups -OCH3 is 1. The molecular formula is C26H23N5O2S. The van der Waals surface area contributed by atoms with Crippen LogP contribution in [0.3, 0.4) is 0 Å². The van der Waals surface area contributed by atoms with Crippen LogP contribution in [-0.4, -0.2) is 37.6 Å². The fraction of sp³-hybridized carbons (Fsp3) is 0.154. The molecule has 170 valence electrons. The van der Waals surface area contributed by atoms with Gasteiger partial charge in [-0.25, -0.2) is 4.79 Å². The maximum Gasteiger partial charge on any atom is 0.337 e.